The van der Waals surface area contributed by atoms with E-state index in [1.54, 1.807) is 10.9 Å². The van der Waals surface area contributed by atoms with Gasteiger partial charge in [0.05, 0.1) is 16.9 Å². The summed E-state index contributed by atoms with van der Waals surface area (Å²) in [5.74, 6) is 0. The number of aromatic nitrogens is 2. The third-order valence-electron chi connectivity index (χ3n) is 2.59. The maximum atomic E-state index is 6.19. The molecule has 1 aromatic rings. The number of nitrogens with zero attached hydrogens (tertiary/aromatic N) is 2. The second kappa shape index (κ2) is 7.74. The number of hydrogen-bond donors (Lipinski definition) is 1. The average Bonchev–Trinajstić information content (AvgIpc) is 2.66. The summed E-state index contributed by atoms with van der Waals surface area (Å²) in [6, 6.07) is -0.130. The minimum absolute atomic E-state index is 0.130. The number of aryl methyl sites for hydroxylation is 1. The van der Waals surface area contributed by atoms with Crippen molar-refractivity contribution < 1.29 is 9.47 Å². The Bertz CT molecular complexity index is 332. The van der Waals surface area contributed by atoms with Gasteiger partial charge in [-0.25, -0.2) is 0 Å². The Morgan fingerprint density at radius 3 is 2.33 bits per heavy atom. The van der Waals surface area contributed by atoms with Crippen LogP contribution in [0.25, 0.3) is 0 Å². The Balaban J connectivity index is 2.98. The van der Waals surface area contributed by atoms with Crippen LogP contribution in [0, 0.1) is 0 Å². The van der Waals surface area contributed by atoms with Crippen LogP contribution in [0.2, 0.25) is 5.02 Å². The van der Waals surface area contributed by atoms with Gasteiger partial charge >= 0.3 is 0 Å². The lowest BCUT2D eigenvalue weighted by molar-refractivity contribution is -0.156. The minimum Gasteiger partial charge on any atom is -0.351 e. The molecular formula is C12H22ClN3O2. The molecule has 0 radical (unpaired) electrons. The molecule has 1 heterocycles. The Morgan fingerprint density at radius 1 is 1.33 bits per heavy atom. The smallest absolute Gasteiger partial charge is 0.178 e. The zero-order chi connectivity index (χ0) is 13.5. The topological polar surface area (TPSA) is 48.3 Å². The van der Waals surface area contributed by atoms with E-state index >= 15 is 0 Å². The van der Waals surface area contributed by atoms with E-state index in [1.807, 2.05) is 27.8 Å². The molecule has 0 spiro atoms. The summed E-state index contributed by atoms with van der Waals surface area (Å²) < 4.78 is 13.0. The molecule has 5 nitrogen and oxygen atoms in total. The first-order chi connectivity index (χ1) is 8.65. The van der Waals surface area contributed by atoms with Crippen molar-refractivity contribution in [1.29, 1.82) is 0 Å². The van der Waals surface area contributed by atoms with Gasteiger partial charge in [-0.2, -0.15) is 5.10 Å². The first kappa shape index (κ1) is 15.4. The van der Waals surface area contributed by atoms with E-state index < -0.39 is 0 Å². The zero-order valence-corrected chi connectivity index (χ0v) is 12.2. The molecule has 0 aliphatic carbocycles. The van der Waals surface area contributed by atoms with Gasteiger partial charge in [0.2, 0.25) is 0 Å². The highest BCUT2D eigenvalue weighted by Crippen LogP contribution is 2.26. The number of ether oxygens (including phenoxy) is 2. The van der Waals surface area contributed by atoms with Crippen molar-refractivity contribution in [3.8, 4) is 0 Å². The number of halogens is 1. The van der Waals surface area contributed by atoms with Gasteiger partial charge in [0.1, 0.15) is 6.04 Å². The fourth-order valence-corrected chi connectivity index (χ4v) is 2.16. The van der Waals surface area contributed by atoms with Crippen molar-refractivity contribution in [1.82, 2.24) is 15.1 Å². The standard InChI is InChI=1S/C12H22ClN3O2/c1-5-14-10(12(17-6-2)18-7-3)11-9(13)8-15-16(11)4/h8,10,12,14H,5-7H2,1-4H3. The fourth-order valence-electron chi connectivity index (χ4n) is 1.88. The van der Waals surface area contributed by atoms with Crippen molar-refractivity contribution in [2.45, 2.75) is 33.1 Å². The van der Waals surface area contributed by atoms with Crippen molar-refractivity contribution in [3.05, 3.63) is 16.9 Å². The van der Waals surface area contributed by atoms with Gasteiger partial charge in [0.25, 0.3) is 0 Å². The molecule has 1 aromatic heterocycles. The van der Waals surface area contributed by atoms with Crippen molar-refractivity contribution >= 4 is 11.6 Å². The number of rotatable bonds is 8. The average molecular weight is 276 g/mol. The van der Waals surface area contributed by atoms with Crippen molar-refractivity contribution in [2.75, 3.05) is 19.8 Å². The third kappa shape index (κ3) is 3.68. The normalized spacial score (nSPS) is 13.2. The molecule has 6 heteroatoms. The molecule has 0 aromatic carbocycles. The van der Waals surface area contributed by atoms with E-state index in [9.17, 15) is 0 Å². The fraction of sp³-hybridized carbons (Fsp3) is 0.750. The Kier molecular flexibility index (Phi) is 6.63. The lowest BCUT2D eigenvalue weighted by Gasteiger charge is -2.27. The third-order valence-corrected chi connectivity index (χ3v) is 2.88. The van der Waals surface area contributed by atoms with Crippen LogP contribution in [-0.2, 0) is 16.5 Å². The molecule has 1 unspecified atom stereocenters. The van der Waals surface area contributed by atoms with Crippen LogP contribution in [0.5, 0.6) is 0 Å². The highest BCUT2D eigenvalue weighted by molar-refractivity contribution is 6.31. The summed E-state index contributed by atoms with van der Waals surface area (Å²) in [5, 5.41) is 8.12. The van der Waals surface area contributed by atoms with E-state index in [4.69, 9.17) is 21.1 Å². The van der Waals surface area contributed by atoms with Gasteiger partial charge in [-0.3, -0.25) is 4.68 Å². The molecule has 104 valence electrons. The number of hydrogen-bond acceptors (Lipinski definition) is 4. The van der Waals surface area contributed by atoms with Crippen molar-refractivity contribution in [2.24, 2.45) is 7.05 Å². The second-order valence-electron chi connectivity index (χ2n) is 3.82. The maximum Gasteiger partial charge on any atom is 0.178 e. The van der Waals surface area contributed by atoms with Gasteiger partial charge in [-0.15, -0.1) is 0 Å². The van der Waals surface area contributed by atoms with Crippen LogP contribution in [0.1, 0.15) is 32.5 Å². The number of nitrogens with one attached hydrogen (secondary N) is 1. The van der Waals surface area contributed by atoms with E-state index in [0.717, 1.165) is 12.2 Å². The Morgan fingerprint density at radius 2 is 1.94 bits per heavy atom. The molecule has 0 saturated carbocycles. The van der Waals surface area contributed by atoms with E-state index in [1.165, 1.54) is 0 Å². The van der Waals surface area contributed by atoms with E-state index in [2.05, 4.69) is 10.4 Å². The molecule has 1 rings (SSSR count). The Hall–Kier alpha value is -0.620. The Labute approximate surface area is 113 Å². The lowest BCUT2D eigenvalue weighted by Crippen LogP contribution is -2.37. The molecule has 0 aliphatic rings. The van der Waals surface area contributed by atoms with Crippen LogP contribution in [0.4, 0.5) is 0 Å². The monoisotopic (exact) mass is 275 g/mol. The summed E-state index contributed by atoms with van der Waals surface area (Å²) in [6.07, 6.45) is 1.27. The predicted octanol–water partition coefficient (Wildman–Crippen LogP) is 2.12. The van der Waals surface area contributed by atoms with E-state index in [-0.39, 0.29) is 12.3 Å². The quantitative estimate of drug-likeness (QED) is 0.739. The van der Waals surface area contributed by atoms with Crippen LogP contribution in [0.15, 0.2) is 6.20 Å². The highest BCUT2D eigenvalue weighted by atomic mass is 35.5. The van der Waals surface area contributed by atoms with Crippen LogP contribution >= 0.6 is 11.6 Å². The largest absolute Gasteiger partial charge is 0.351 e. The predicted molar refractivity (Wildman–Crippen MR) is 71.7 cm³/mol. The van der Waals surface area contributed by atoms with Gasteiger partial charge in [-0.1, -0.05) is 18.5 Å². The zero-order valence-electron chi connectivity index (χ0n) is 11.4. The molecule has 0 saturated heterocycles. The van der Waals surface area contributed by atoms with Crippen LogP contribution < -0.4 is 5.32 Å². The molecule has 1 atom stereocenters. The molecule has 0 aliphatic heterocycles. The molecule has 1 N–H and O–H groups in total. The van der Waals surface area contributed by atoms with Crippen molar-refractivity contribution in [3.63, 3.8) is 0 Å². The number of likely N-dealkylation sites (N-methyl/N-ethyl adjacent to an activating group) is 1. The molecule has 0 bridgehead atoms. The summed E-state index contributed by atoms with van der Waals surface area (Å²) >= 11 is 6.19. The lowest BCUT2D eigenvalue weighted by atomic mass is 10.2. The minimum atomic E-state index is -0.368. The highest BCUT2D eigenvalue weighted by Gasteiger charge is 2.28. The molecule has 18 heavy (non-hydrogen) atoms. The van der Waals surface area contributed by atoms with Gasteiger partial charge in [0.15, 0.2) is 6.29 Å². The van der Waals surface area contributed by atoms with Crippen LogP contribution in [0.3, 0.4) is 0 Å². The summed E-state index contributed by atoms with van der Waals surface area (Å²) in [4.78, 5) is 0. The van der Waals surface area contributed by atoms with Gasteiger partial charge in [-0.05, 0) is 20.4 Å². The van der Waals surface area contributed by atoms with E-state index in [0.29, 0.717) is 18.2 Å². The molecular weight excluding hydrogens is 254 g/mol. The van der Waals surface area contributed by atoms with Gasteiger partial charge in [0, 0.05) is 20.3 Å². The second-order valence-corrected chi connectivity index (χ2v) is 4.22. The summed E-state index contributed by atoms with van der Waals surface area (Å²) in [6.45, 7) is 7.89. The maximum absolute atomic E-state index is 6.19. The summed E-state index contributed by atoms with van der Waals surface area (Å²) in [5.41, 5.74) is 0.880. The first-order valence-electron chi connectivity index (χ1n) is 6.29. The van der Waals surface area contributed by atoms with Crippen LogP contribution in [-0.4, -0.2) is 35.8 Å². The molecule has 0 fully saturated rings. The SMILES string of the molecule is CCNC(c1c(Cl)cnn1C)C(OCC)OCC. The first-order valence-corrected chi connectivity index (χ1v) is 6.67. The summed E-state index contributed by atoms with van der Waals surface area (Å²) in [7, 11) is 1.86. The van der Waals surface area contributed by atoms with Gasteiger partial charge < -0.3 is 14.8 Å². The molecule has 0 amide bonds.